The van der Waals surface area contributed by atoms with E-state index < -0.39 is 11.8 Å². The second kappa shape index (κ2) is 9.14. The van der Waals surface area contributed by atoms with Gasteiger partial charge in [-0.25, -0.2) is 0 Å². The van der Waals surface area contributed by atoms with Crippen LogP contribution in [0.2, 0.25) is 0 Å². The van der Waals surface area contributed by atoms with Crippen LogP contribution in [0.5, 0.6) is 11.5 Å². The predicted molar refractivity (Wildman–Crippen MR) is 117 cm³/mol. The van der Waals surface area contributed by atoms with E-state index in [1.807, 2.05) is 6.07 Å². The average Bonchev–Trinajstić information content (AvgIpc) is 3.35. The van der Waals surface area contributed by atoms with Gasteiger partial charge < -0.3 is 9.47 Å². The molecule has 1 fully saturated rings. The molecule has 158 valence electrons. The highest BCUT2D eigenvalue weighted by atomic mass is 32.2. The third kappa shape index (κ3) is 4.84. The zero-order valence-electron chi connectivity index (χ0n) is 16.0. The zero-order chi connectivity index (χ0) is 21.8. The maximum atomic E-state index is 12.7. The van der Waals surface area contributed by atoms with Crippen LogP contribution in [-0.4, -0.2) is 45.3 Å². The molecule has 0 saturated carbocycles. The van der Waals surface area contributed by atoms with Crippen LogP contribution in [0.4, 0.5) is 0 Å². The molecule has 0 spiro atoms. The summed E-state index contributed by atoms with van der Waals surface area (Å²) in [6.45, 7) is 0.270. The first-order chi connectivity index (χ1) is 15.0. The Balaban J connectivity index is 1.31. The summed E-state index contributed by atoms with van der Waals surface area (Å²) in [5.41, 5.74) is 5.78. The van der Waals surface area contributed by atoms with Crippen LogP contribution in [0.1, 0.15) is 22.3 Å². The first kappa shape index (κ1) is 20.8. The van der Waals surface area contributed by atoms with E-state index in [0.29, 0.717) is 26.3 Å². The maximum Gasteiger partial charge on any atom is 0.269 e. The minimum Gasteiger partial charge on any atom is -0.454 e. The Hall–Kier alpha value is -3.44. The second-order valence-electron chi connectivity index (χ2n) is 6.43. The van der Waals surface area contributed by atoms with E-state index in [1.165, 1.54) is 41.2 Å². The third-order valence-corrected chi connectivity index (χ3v) is 5.77. The molecule has 3 amide bonds. The standard InChI is InChI=1S/C20H16N4O5S2/c25-17(22-23-18(26)13-3-6-21-7-4-13)5-8-24-19(27)16(31-20(24)30)10-12-1-2-14-15(9-12)29-11-28-14/h1-4,6-7,9-10H,5,8,11H2,(H,22,25)(H,23,26). The summed E-state index contributed by atoms with van der Waals surface area (Å²) in [6, 6.07) is 8.43. The number of ether oxygens (including phenoxy) is 2. The van der Waals surface area contributed by atoms with Gasteiger partial charge in [-0.15, -0.1) is 0 Å². The number of amides is 3. The number of pyridine rings is 1. The fourth-order valence-electron chi connectivity index (χ4n) is 2.82. The summed E-state index contributed by atoms with van der Waals surface area (Å²) in [5.74, 6) is 0.0898. The zero-order valence-corrected chi connectivity index (χ0v) is 17.6. The molecule has 11 heteroatoms. The van der Waals surface area contributed by atoms with Gasteiger partial charge in [0.1, 0.15) is 4.32 Å². The number of rotatable bonds is 5. The number of hydrogen-bond acceptors (Lipinski definition) is 8. The number of carbonyl (C=O) groups excluding carboxylic acids is 3. The minimum absolute atomic E-state index is 0.0274. The van der Waals surface area contributed by atoms with Crippen molar-refractivity contribution in [3.8, 4) is 11.5 Å². The van der Waals surface area contributed by atoms with Crippen molar-refractivity contribution < 1.29 is 23.9 Å². The summed E-state index contributed by atoms with van der Waals surface area (Å²) in [5, 5.41) is 0. The Morgan fingerprint density at radius 3 is 2.74 bits per heavy atom. The Kier molecular flexibility index (Phi) is 6.14. The van der Waals surface area contributed by atoms with Crippen molar-refractivity contribution >= 4 is 52.1 Å². The van der Waals surface area contributed by atoms with Crippen LogP contribution in [0.15, 0.2) is 47.6 Å². The van der Waals surface area contributed by atoms with E-state index in [2.05, 4.69) is 15.8 Å². The molecule has 1 saturated heterocycles. The largest absolute Gasteiger partial charge is 0.454 e. The fraction of sp³-hybridized carbons (Fsp3) is 0.150. The maximum absolute atomic E-state index is 12.7. The molecular weight excluding hydrogens is 440 g/mol. The van der Waals surface area contributed by atoms with E-state index in [0.717, 1.165) is 5.56 Å². The molecule has 1 aromatic heterocycles. The van der Waals surface area contributed by atoms with Gasteiger partial charge in [0.25, 0.3) is 11.8 Å². The van der Waals surface area contributed by atoms with Crippen molar-refractivity contribution in [1.29, 1.82) is 0 Å². The molecule has 31 heavy (non-hydrogen) atoms. The molecule has 0 bridgehead atoms. The number of benzene rings is 1. The van der Waals surface area contributed by atoms with E-state index in [4.69, 9.17) is 21.7 Å². The Bertz CT molecular complexity index is 1090. The number of hydrogen-bond donors (Lipinski definition) is 2. The van der Waals surface area contributed by atoms with Crippen LogP contribution in [0, 0.1) is 0 Å². The Labute approximate surface area is 186 Å². The van der Waals surface area contributed by atoms with Crippen molar-refractivity contribution in [3.63, 3.8) is 0 Å². The molecule has 0 unspecified atom stereocenters. The average molecular weight is 457 g/mol. The Morgan fingerprint density at radius 2 is 1.94 bits per heavy atom. The molecule has 1 aromatic carbocycles. The Morgan fingerprint density at radius 1 is 1.16 bits per heavy atom. The lowest BCUT2D eigenvalue weighted by Gasteiger charge is -2.14. The quantitative estimate of drug-likeness (QED) is 0.399. The molecule has 9 nitrogen and oxygen atoms in total. The van der Waals surface area contributed by atoms with Gasteiger partial charge in [0.15, 0.2) is 11.5 Å². The molecular formula is C20H16N4O5S2. The van der Waals surface area contributed by atoms with Gasteiger partial charge in [-0.3, -0.25) is 35.1 Å². The second-order valence-corrected chi connectivity index (χ2v) is 8.11. The molecule has 3 heterocycles. The highest BCUT2D eigenvalue weighted by Gasteiger charge is 2.32. The summed E-state index contributed by atoms with van der Waals surface area (Å²) >= 11 is 6.45. The van der Waals surface area contributed by atoms with E-state index in [1.54, 1.807) is 18.2 Å². The van der Waals surface area contributed by atoms with Crippen molar-refractivity contribution in [2.24, 2.45) is 0 Å². The number of thioether (sulfide) groups is 1. The molecule has 0 aliphatic carbocycles. The number of aromatic nitrogens is 1. The fourth-order valence-corrected chi connectivity index (χ4v) is 4.13. The van der Waals surface area contributed by atoms with Crippen molar-refractivity contribution in [1.82, 2.24) is 20.7 Å². The number of thiocarbonyl (C=S) groups is 1. The molecule has 2 aromatic rings. The van der Waals surface area contributed by atoms with Gasteiger partial charge in [-0.1, -0.05) is 30.0 Å². The third-order valence-electron chi connectivity index (χ3n) is 4.39. The molecule has 2 N–H and O–H groups in total. The van der Waals surface area contributed by atoms with Crippen LogP contribution in [0.25, 0.3) is 6.08 Å². The van der Waals surface area contributed by atoms with Crippen molar-refractivity contribution in [2.45, 2.75) is 6.42 Å². The monoisotopic (exact) mass is 456 g/mol. The summed E-state index contributed by atoms with van der Waals surface area (Å²) in [7, 11) is 0. The van der Waals surface area contributed by atoms with Crippen LogP contribution < -0.4 is 20.3 Å². The number of nitrogens with one attached hydrogen (secondary N) is 2. The van der Waals surface area contributed by atoms with Crippen LogP contribution in [0.3, 0.4) is 0 Å². The van der Waals surface area contributed by atoms with Gasteiger partial charge in [-0.2, -0.15) is 0 Å². The summed E-state index contributed by atoms with van der Waals surface area (Å²) in [4.78, 5) is 42.3. The highest BCUT2D eigenvalue weighted by molar-refractivity contribution is 8.26. The van der Waals surface area contributed by atoms with Gasteiger partial charge in [0.05, 0.1) is 4.91 Å². The normalized spacial score (nSPS) is 16.0. The lowest BCUT2D eigenvalue weighted by Crippen LogP contribution is -2.43. The first-order valence-corrected chi connectivity index (χ1v) is 10.4. The molecule has 0 radical (unpaired) electrons. The molecule has 4 rings (SSSR count). The topological polar surface area (TPSA) is 110 Å². The van der Waals surface area contributed by atoms with Gasteiger partial charge >= 0.3 is 0 Å². The van der Waals surface area contributed by atoms with Crippen molar-refractivity contribution in [2.75, 3.05) is 13.3 Å². The summed E-state index contributed by atoms with van der Waals surface area (Å²) in [6.07, 6.45) is 4.64. The van der Waals surface area contributed by atoms with E-state index in [-0.39, 0.29) is 25.7 Å². The van der Waals surface area contributed by atoms with Gasteiger partial charge in [0.2, 0.25) is 12.7 Å². The van der Waals surface area contributed by atoms with Crippen LogP contribution in [-0.2, 0) is 9.59 Å². The van der Waals surface area contributed by atoms with E-state index in [9.17, 15) is 14.4 Å². The van der Waals surface area contributed by atoms with Crippen LogP contribution >= 0.6 is 24.0 Å². The SMILES string of the molecule is O=C(CCN1C(=O)C(=Cc2ccc3c(c2)OCO3)SC1=S)NNC(=O)c1ccncc1. The molecule has 0 atom stereocenters. The first-order valence-electron chi connectivity index (χ1n) is 9.15. The molecule has 2 aliphatic heterocycles. The number of nitrogens with zero attached hydrogens (tertiary/aromatic N) is 2. The lowest BCUT2D eigenvalue weighted by atomic mass is 10.2. The highest BCUT2D eigenvalue weighted by Crippen LogP contribution is 2.36. The van der Waals surface area contributed by atoms with Gasteiger partial charge in [0, 0.05) is 30.9 Å². The number of fused-ring (bicyclic) bond motifs is 1. The smallest absolute Gasteiger partial charge is 0.269 e. The lowest BCUT2D eigenvalue weighted by molar-refractivity contribution is -0.124. The summed E-state index contributed by atoms with van der Waals surface area (Å²) < 4.78 is 11.0. The minimum atomic E-state index is -0.465. The van der Waals surface area contributed by atoms with Gasteiger partial charge in [-0.05, 0) is 35.9 Å². The van der Waals surface area contributed by atoms with Crippen molar-refractivity contribution in [3.05, 3.63) is 58.8 Å². The predicted octanol–water partition coefficient (Wildman–Crippen LogP) is 1.86. The number of carbonyl (C=O) groups is 3. The van der Waals surface area contributed by atoms with E-state index >= 15 is 0 Å². The number of hydrazine groups is 1. The molecule has 2 aliphatic rings.